The molecular weight excluding hydrogens is 617 g/mol. The summed E-state index contributed by atoms with van der Waals surface area (Å²) >= 11 is 0. The van der Waals surface area contributed by atoms with Crippen molar-refractivity contribution in [2.24, 2.45) is 0 Å². The van der Waals surface area contributed by atoms with Crippen LogP contribution in [0.4, 0.5) is 0 Å². The first-order valence-electron chi connectivity index (χ1n) is 16.5. The molecule has 0 N–H and O–H groups in total. The Bertz CT molecular complexity index is 2860. The highest BCUT2D eigenvalue weighted by molar-refractivity contribution is 6.26. The van der Waals surface area contributed by atoms with Crippen molar-refractivity contribution >= 4 is 43.8 Å². The molecule has 0 saturated carbocycles. The first kappa shape index (κ1) is 28.1. The van der Waals surface area contributed by atoms with Gasteiger partial charge in [0.25, 0.3) is 0 Å². The number of fused-ring (bicyclic) bond motifs is 7. The van der Waals surface area contributed by atoms with Gasteiger partial charge < -0.3 is 8.83 Å². The quantitative estimate of drug-likeness (QED) is 0.186. The van der Waals surface area contributed by atoms with Crippen molar-refractivity contribution in [3.8, 4) is 56.7 Å². The SMILES string of the molecule is c1ccc(-c2cccc(-c3nc(-c4ccccc4)nc(-c4cc5ccc6oc7ccccc7c6c5c5oc(-c6ccccc6)nc45)n3)c2)cc1. The van der Waals surface area contributed by atoms with Gasteiger partial charge in [0, 0.05) is 38.4 Å². The molecule has 0 radical (unpaired) electrons. The minimum atomic E-state index is 0.510. The van der Waals surface area contributed by atoms with Gasteiger partial charge in [0.2, 0.25) is 5.89 Å². The second-order valence-corrected chi connectivity index (χ2v) is 12.2. The fourth-order valence-electron chi connectivity index (χ4n) is 6.78. The van der Waals surface area contributed by atoms with Crippen LogP contribution in [0.5, 0.6) is 0 Å². The van der Waals surface area contributed by atoms with E-state index in [1.165, 1.54) is 0 Å². The van der Waals surface area contributed by atoms with Gasteiger partial charge in [-0.25, -0.2) is 19.9 Å². The highest BCUT2D eigenvalue weighted by atomic mass is 16.3. The Balaban J connectivity index is 1.27. The molecule has 3 aromatic heterocycles. The van der Waals surface area contributed by atoms with E-state index in [0.717, 1.165) is 66.1 Å². The van der Waals surface area contributed by atoms with Crippen molar-refractivity contribution < 1.29 is 8.83 Å². The Kier molecular flexibility index (Phi) is 6.39. The molecular formula is C44H26N4O2. The number of nitrogens with zero attached hydrogens (tertiary/aromatic N) is 4. The molecule has 0 amide bonds. The van der Waals surface area contributed by atoms with Gasteiger partial charge in [-0.1, -0.05) is 121 Å². The third-order valence-electron chi connectivity index (χ3n) is 9.14. The Morgan fingerprint density at radius 3 is 1.78 bits per heavy atom. The van der Waals surface area contributed by atoms with Gasteiger partial charge >= 0.3 is 0 Å². The summed E-state index contributed by atoms with van der Waals surface area (Å²) in [5.41, 5.74) is 8.56. The number of aromatic nitrogens is 4. The molecule has 0 aliphatic carbocycles. The highest BCUT2D eigenvalue weighted by Gasteiger charge is 2.23. The normalized spacial score (nSPS) is 11.6. The second-order valence-electron chi connectivity index (χ2n) is 12.2. The average Bonchev–Trinajstić information content (AvgIpc) is 3.81. The fourth-order valence-corrected chi connectivity index (χ4v) is 6.78. The predicted octanol–water partition coefficient (Wildman–Crippen LogP) is 11.4. The third-order valence-corrected chi connectivity index (χ3v) is 9.14. The van der Waals surface area contributed by atoms with Crippen LogP contribution in [0.25, 0.3) is 101 Å². The van der Waals surface area contributed by atoms with Crippen molar-refractivity contribution in [3.05, 3.63) is 158 Å². The molecule has 0 unspecified atom stereocenters. The maximum atomic E-state index is 6.73. The van der Waals surface area contributed by atoms with E-state index in [0.29, 0.717) is 34.5 Å². The van der Waals surface area contributed by atoms with E-state index in [9.17, 15) is 0 Å². The van der Waals surface area contributed by atoms with Gasteiger partial charge in [-0.2, -0.15) is 0 Å². The van der Waals surface area contributed by atoms with Gasteiger partial charge in [-0.05, 0) is 52.9 Å². The van der Waals surface area contributed by atoms with Crippen molar-refractivity contribution in [3.63, 3.8) is 0 Å². The number of hydrogen-bond donors (Lipinski definition) is 0. The van der Waals surface area contributed by atoms with Gasteiger partial charge in [0.1, 0.15) is 16.7 Å². The predicted molar refractivity (Wildman–Crippen MR) is 199 cm³/mol. The number of benzene rings is 7. The molecule has 0 atom stereocenters. The summed E-state index contributed by atoms with van der Waals surface area (Å²) in [5, 5.41) is 3.92. The zero-order valence-electron chi connectivity index (χ0n) is 26.6. The van der Waals surface area contributed by atoms with Crippen LogP contribution in [0.2, 0.25) is 0 Å². The number of hydrogen-bond acceptors (Lipinski definition) is 6. The van der Waals surface area contributed by atoms with E-state index >= 15 is 0 Å². The van der Waals surface area contributed by atoms with Crippen LogP contribution in [0, 0.1) is 0 Å². The molecule has 0 fully saturated rings. The lowest BCUT2D eigenvalue weighted by atomic mass is 9.99. The van der Waals surface area contributed by atoms with Gasteiger partial charge in [0.15, 0.2) is 23.1 Å². The second kappa shape index (κ2) is 11.4. The summed E-state index contributed by atoms with van der Waals surface area (Å²) in [7, 11) is 0. The van der Waals surface area contributed by atoms with E-state index in [4.69, 9.17) is 28.8 Å². The van der Waals surface area contributed by atoms with Crippen LogP contribution in [-0.2, 0) is 0 Å². The molecule has 7 aromatic carbocycles. The summed E-state index contributed by atoms with van der Waals surface area (Å²) in [6.07, 6.45) is 0. The Hall–Kier alpha value is -6.92. The average molecular weight is 643 g/mol. The molecule has 0 bridgehead atoms. The van der Waals surface area contributed by atoms with Gasteiger partial charge in [0.05, 0.1) is 0 Å². The van der Waals surface area contributed by atoms with E-state index in [1.54, 1.807) is 0 Å². The van der Waals surface area contributed by atoms with E-state index in [1.807, 2.05) is 115 Å². The van der Waals surface area contributed by atoms with Crippen LogP contribution in [0.1, 0.15) is 0 Å². The smallest absolute Gasteiger partial charge is 0.227 e. The summed E-state index contributed by atoms with van der Waals surface area (Å²) in [4.78, 5) is 20.4. The summed E-state index contributed by atoms with van der Waals surface area (Å²) < 4.78 is 13.0. The van der Waals surface area contributed by atoms with Crippen LogP contribution in [0.15, 0.2) is 167 Å². The van der Waals surface area contributed by atoms with Crippen molar-refractivity contribution in [1.82, 2.24) is 19.9 Å². The Morgan fingerprint density at radius 1 is 0.380 bits per heavy atom. The van der Waals surface area contributed by atoms with Crippen molar-refractivity contribution in [2.75, 3.05) is 0 Å². The molecule has 6 heteroatoms. The molecule has 0 spiro atoms. The molecule has 3 heterocycles. The Morgan fingerprint density at radius 2 is 1.00 bits per heavy atom. The van der Waals surface area contributed by atoms with E-state index in [2.05, 4.69) is 42.5 Å². The molecule has 6 nitrogen and oxygen atoms in total. The zero-order chi connectivity index (χ0) is 33.0. The Labute approximate surface area is 286 Å². The largest absolute Gasteiger partial charge is 0.456 e. The lowest BCUT2D eigenvalue weighted by Crippen LogP contribution is -2.01. The van der Waals surface area contributed by atoms with Gasteiger partial charge in [-0.15, -0.1) is 0 Å². The number of furan rings is 1. The van der Waals surface area contributed by atoms with Crippen molar-refractivity contribution in [2.45, 2.75) is 0 Å². The minimum absolute atomic E-state index is 0.510. The van der Waals surface area contributed by atoms with Crippen LogP contribution >= 0.6 is 0 Å². The fraction of sp³-hybridized carbons (Fsp3) is 0. The maximum absolute atomic E-state index is 6.73. The molecule has 0 aliphatic heterocycles. The summed E-state index contributed by atoms with van der Waals surface area (Å²) in [6.45, 7) is 0. The molecule has 234 valence electrons. The number of rotatable bonds is 5. The first-order chi connectivity index (χ1) is 24.8. The highest BCUT2D eigenvalue weighted by Crippen LogP contribution is 2.43. The standard InChI is InChI=1S/C44H26N4O2/c1-4-13-27(14-5-1)30-19-12-20-32(25-30)42-46-41(28-15-6-2-7-16-28)47-43(48-42)34-26-31-23-24-36-38(33-21-10-11-22-35(33)49-36)37(31)40-39(34)45-44(50-40)29-17-8-3-9-18-29/h1-26H. The molecule has 10 aromatic rings. The summed E-state index contributed by atoms with van der Waals surface area (Å²) in [6, 6.07) is 52.9. The number of para-hydroxylation sites is 1. The summed E-state index contributed by atoms with van der Waals surface area (Å²) in [5.74, 6) is 2.18. The van der Waals surface area contributed by atoms with Crippen LogP contribution in [0.3, 0.4) is 0 Å². The lowest BCUT2D eigenvalue weighted by Gasteiger charge is -2.11. The molecule has 0 saturated heterocycles. The van der Waals surface area contributed by atoms with E-state index < -0.39 is 0 Å². The minimum Gasteiger partial charge on any atom is -0.456 e. The molecule has 0 aliphatic rings. The van der Waals surface area contributed by atoms with Gasteiger partial charge in [-0.3, -0.25) is 0 Å². The van der Waals surface area contributed by atoms with Crippen LogP contribution < -0.4 is 0 Å². The topological polar surface area (TPSA) is 77.8 Å². The maximum Gasteiger partial charge on any atom is 0.227 e. The lowest BCUT2D eigenvalue weighted by molar-refractivity contribution is 0.623. The molecule has 50 heavy (non-hydrogen) atoms. The third kappa shape index (κ3) is 4.65. The molecule has 10 rings (SSSR count). The van der Waals surface area contributed by atoms with E-state index in [-0.39, 0.29) is 0 Å². The van der Waals surface area contributed by atoms with Crippen molar-refractivity contribution in [1.29, 1.82) is 0 Å². The first-order valence-corrected chi connectivity index (χ1v) is 16.5. The number of oxazole rings is 1. The monoisotopic (exact) mass is 642 g/mol. The van der Waals surface area contributed by atoms with Crippen LogP contribution in [-0.4, -0.2) is 19.9 Å². The zero-order valence-corrected chi connectivity index (χ0v) is 26.6.